The number of hydrogen-bond acceptors (Lipinski definition) is 4. The number of hydrogen-bond donors (Lipinski definition) is 0. The summed E-state index contributed by atoms with van der Waals surface area (Å²) in [7, 11) is 0. The van der Waals surface area contributed by atoms with Crippen LogP contribution in [0.25, 0.3) is 21.7 Å². The Hall–Kier alpha value is -2.36. The number of nitrogens with zero attached hydrogens (tertiary/aromatic N) is 2. The lowest BCUT2D eigenvalue weighted by molar-refractivity contribution is 0.628. The molecule has 0 aliphatic rings. The summed E-state index contributed by atoms with van der Waals surface area (Å²) < 4.78 is 13.4. The molecule has 2 aromatic carbocycles. The van der Waals surface area contributed by atoms with Crippen molar-refractivity contribution in [1.82, 2.24) is 4.98 Å². The predicted octanol–water partition coefficient (Wildman–Crippen LogP) is 8.09. The van der Waals surface area contributed by atoms with Crippen LogP contribution in [0.4, 0.5) is 4.39 Å². The van der Waals surface area contributed by atoms with Crippen LogP contribution in [0.1, 0.15) is 11.1 Å². The Bertz CT molecular complexity index is 1230. The van der Waals surface area contributed by atoms with Crippen molar-refractivity contribution in [3.8, 4) is 27.8 Å². The fourth-order valence-electron chi connectivity index (χ4n) is 2.92. The Labute approximate surface area is 191 Å². The maximum Gasteiger partial charge on any atom is 0.123 e. The number of aromatic nitrogens is 1. The molecule has 0 unspecified atom stereocenters. The smallest absolute Gasteiger partial charge is 0.123 e. The molecule has 0 N–H and O–H groups in total. The molecule has 0 saturated carbocycles. The van der Waals surface area contributed by atoms with Crippen molar-refractivity contribution in [2.75, 3.05) is 0 Å². The molecule has 2 heterocycles. The third kappa shape index (κ3) is 4.53. The molecule has 0 spiro atoms. The van der Waals surface area contributed by atoms with E-state index in [1.807, 2.05) is 35.7 Å². The minimum Gasteiger partial charge on any atom is -0.239 e. The van der Waals surface area contributed by atoms with Crippen LogP contribution in [-0.4, -0.2) is 4.98 Å². The highest BCUT2D eigenvalue weighted by atomic mass is 35.5. The average molecular weight is 471 g/mol. The van der Waals surface area contributed by atoms with E-state index in [1.54, 1.807) is 29.5 Å². The first kappa shape index (κ1) is 20.9. The van der Waals surface area contributed by atoms with Gasteiger partial charge in [-0.05, 0) is 52.9 Å². The van der Waals surface area contributed by atoms with Crippen molar-refractivity contribution in [1.29, 1.82) is 5.26 Å². The molecule has 0 aliphatic carbocycles. The van der Waals surface area contributed by atoms with Crippen LogP contribution >= 0.6 is 46.3 Å². The molecule has 0 amide bonds. The first-order valence-electron chi connectivity index (χ1n) is 8.87. The van der Waals surface area contributed by atoms with Crippen LogP contribution in [0.2, 0.25) is 10.0 Å². The molecule has 2 aromatic heterocycles. The molecule has 4 aromatic rings. The SMILES string of the molecule is N#Cc1c(-c2ccc(F)cc2)cc(-c2cccs2)nc1SCc1ccc(Cl)c(Cl)c1. The molecule has 30 heavy (non-hydrogen) atoms. The summed E-state index contributed by atoms with van der Waals surface area (Å²) in [4.78, 5) is 5.76. The minimum atomic E-state index is -0.320. The second kappa shape index (κ2) is 9.20. The van der Waals surface area contributed by atoms with E-state index < -0.39 is 0 Å². The van der Waals surface area contributed by atoms with E-state index in [0.29, 0.717) is 26.4 Å². The number of thiophene rings is 1. The van der Waals surface area contributed by atoms with Crippen LogP contribution in [0.5, 0.6) is 0 Å². The normalized spacial score (nSPS) is 10.7. The highest BCUT2D eigenvalue weighted by Gasteiger charge is 2.17. The fourth-order valence-corrected chi connectivity index (χ4v) is 4.88. The van der Waals surface area contributed by atoms with Crippen LogP contribution in [0.3, 0.4) is 0 Å². The van der Waals surface area contributed by atoms with E-state index in [1.165, 1.54) is 23.9 Å². The van der Waals surface area contributed by atoms with E-state index in [2.05, 4.69) is 6.07 Å². The van der Waals surface area contributed by atoms with Gasteiger partial charge in [-0.2, -0.15) is 5.26 Å². The number of benzene rings is 2. The summed E-state index contributed by atoms with van der Waals surface area (Å²) >= 11 is 15.2. The minimum absolute atomic E-state index is 0.320. The number of thioether (sulfide) groups is 1. The van der Waals surface area contributed by atoms with Crippen molar-refractivity contribution in [2.24, 2.45) is 0 Å². The highest BCUT2D eigenvalue weighted by Crippen LogP contribution is 2.37. The predicted molar refractivity (Wildman–Crippen MR) is 124 cm³/mol. The number of nitriles is 1. The van der Waals surface area contributed by atoms with Gasteiger partial charge >= 0.3 is 0 Å². The lowest BCUT2D eigenvalue weighted by Gasteiger charge is -2.12. The average Bonchev–Trinajstić information content (AvgIpc) is 3.29. The van der Waals surface area contributed by atoms with Crippen molar-refractivity contribution in [3.63, 3.8) is 0 Å². The van der Waals surface area contributed by atoms with Crippen LogP contribution in [0, 0.1) is 17.1 Å². The third-order valence-electron chi connectivity index (χ3n) is 4.39. The molecule has 0 aliphatic heterocycles. The molecule has 2 nitrogen and oxygen atoms in total. The van der Waals surface area contributed by atoms with Crippen molar-refractivity contribution in [3.05, 3.63) is 93.0 Å². The molecule has 4 rings (SSSR count). The van der Waals surface area contributed by atoms with Gasteiger partial charge in [-0.25, -0.2) is 9.37 Å². The standard InChI is InChI=1S/C23H13Cl2FN2S2/c24-19-8-3-14(10-20(19)25)13-30-23-18(12-27)17(15-4-6-16(26)7-5-15)11-21(28-23)22-2-1-9-29-22/h1-11H,13H2. The zero-order chi connectivity index (χ0) is 21.1. The topological polar surface area (TPSA) is 36.7 Å². The van der Waals surface area contributed by atoms with Gasteiger partial charge in [-0.1, -0.05) is 47.5 Å². The lowest BCUT2D eigenvalue weighted by Crippen LogP contribution is -1.96. The Kier molecular flexibility index (Phi) is 6.40. The maximum atomic E-state index is 13.4. The summed E-state index contributed by atoms with van der Waals surface area (Å²) in [6, 6.07) is 19.7. The van der Waals surface area contributed by atoms with Gasteiger partial charge in [0.05, 0.1) is 26.2 Å². The number of pyridine rings is 1. The van der Waals surface area contributed by atoms with E-state index in [9.17, 15) is 9.65 Å². The zero-order valence-electron chi connectivity index (χ0n) is 15.4. The van der Waals surface area contributed by atoms with Crippen LogP contribution < -0.4 is 0 Å². The summed E-state index contributed by atoms with van der Waals surface area (Å²) in [5.74, 6) is 0.258. The molecule has 0 saturated heterocycles. The Morgan fingerprint density at radius 1 is 1.03 bits per heavy atom. The van der Waals surface area contributed by atoms with Crippen LogP contribution in [-0.2, 0) is 5.75 Å². The first-order valence-corrected chi connectivity index (χ1v) is 11.5. The Balaban J connectivity index is 1.78. The summed E-state index contributed by atoms with van der Waals surface area (Å²) in [6.45, 7) is 0. The monoisotopic (exact) mass is 470 g/mol. The Morgan fingerprint density at radius 3 is 2.50 bits per heavy atom. The van der Waals surface area contributed by atoms with Crippen molar-refractivity contribution >= 4 is 46.3 Å². The second-order valence-electron chi connectivity index (χ2n) is 6.37. The highest BCUT2D eigenvalue weighted by molar-refractivity contribution is 7.98. The molecule has 148 valence electrons. The summed E-state index contributed by atoms with van der Waals surface area (Å²) in [5, 5.41) is 13.5. The Morgan fingerprint density at radius 2 is 1.83 bits per heavy atom. The van der Waals surface area contributed by atoms with E-state index in [0.717, 1.165) is 27.3 Å². The summed E-state index contributed by atoms with van der Waals surface area (Å²) in [6.07, 6.45) is 0. The zero-order valence-corrected chi connectivity index (χ0v) is 18.5. The van der Waals surface area contributed by atoms with E-state index in [-0.39, 0.29) is 5.82 Å². The van der Waals surface area contributed by atoms with Gasteiger partial charge in [0.2, 0.25) is 0 Å². The molecule has 0 bridgehead atoms. The molecule has 0 fully saturated rings. The van der Waals surface area contributed by atoms with E-state index in [4.69, 9.17) is 28.2 Å². The van der Waals surface area contributed by atoms with Gasteiger partial charge in [-0.15, -0.1) is 23.1 Å². The third-order valence-corrected chi connectivity index (χ3v) is 7.06. The molecule has 0 radical (unpaired) electrons. The molecular weight excluding hydrogens is 458 g/mol. The van der Waals surface area contributed by atoms with Gasteiger partial charge < -0.3 is 0 Å². The maximum absolute atomic E-state index is 13.4. The quantitative estimate of drug-likeness (QED) is 0.276. The fraction of sp³-hybridized carbons (Fsp3) is 0.0435. The largest absolute Gasteiger partial charge is 0.239 e. The number of rotatable bonds is 5. The van der Waals surface area contributed by atoms with Gasteiger partial charge in [0, 0.05) is 11.3 Å². The van der Waals surface area contributed by atoms with Gasteiger partial charge in [0.25, 0.3) is 0 Å². The van der Waals surface area contributed by atoms with Gasteiger partial charge in [0.1, 0.15) is 16.9 Å². The van der Waals surface area contributed by atoms with Crippen LogP contribution in [0.15, 0.2) is 71.1 Å². The molecule has 7 heteroatoms. The van der Waals surface area contributed by atoms with Gasteiger partial charge in [-0.3, -0.25) is 0 Å². The second-order valence-corrected chi connectivity index (χ2v) is 9.09. The molecule has 0 atom stereocenters. The summed E-state index contributed by atoms with van der Waals surface area (Å²) in [5.41, 5.74) is 3.72. The van der Waals surface area contributed by atoms with E-state index >= 15 is 0 Å². The van der Waals surface area contributed by atoms with Crippen molar-refractivity contribution in [2.45, 2.75) is 10.8 Å². The van der Waals surface area contributed by atoms with Gasteiger partial charge in [0.15, 0.2) is 0 Å². The van der Waals surface area contributed by atoms with Crippen molar-refractivity contribution < 1.29 is 4.39 Å². The number of halogens is 3. The lowest BCUT2D eigenvalue weighted by atomic mass is 10.0. The molecular formula is C23H13Cl2FN2S2. The first-order chi connectivity index (χ1) is 14.5.